The van der Waals surface area contributed by atoms with Gasteiger partial charge in [-0.25, -0.2) is 0 Å². The number of fused-ring (bicyclic) bond motifs is 1. The lowest BCUT2D eigenvalue weighted by Gasteiger charge is -2.30. The molecule has 1 N–H and O–H groups in total. The number of aromatic nitrogens is 2. The van der Waals surface area contributed by atoms with E-state index in [-0.39, 0.29) is 11.8 Å². The fraction of sp³-hybridized carbons (Fsp3) is 0.367. The van der Waals surface area contributed by atoms with E-state index in [1.165, 1.54) is 16.3 Å². The molecule has 0 bridgehead atoms. The van der Waals surface area contributed by atoms with Gasteiger partial charge in [0.05, 0.1) is 13.7 Å². The highest BCUT2D eigenvalue weighted by atomic mass is 16.5. The van der Waals surface area contributed by atoms with Crippen LogP contribution < -0.4 is 10.1 Å². The van der Waals surface area contributed by atoms with Gasteiger partial charge in [0.2, 0.25) is 17.6 Å². The first-order chi connectivity index (χ1) is 18.1. The summed E-state index contributed by atoms with van der Waals surface area (Å²) in [6.07, 6.45) is 2.62. The zero-order valence-electron chi connectivity index (χ0n) is 21.5. The van der Waals surface area contributed by atoms with Crippen LogP contribution in [0.3, 0.4) is 0 Å². The fourth-order valence-electron chi connectivity index (χ4n) is 5.06. The number of hydrogen-bond donors (Lipinski definition) is 1. The zero-order valence-corrected chi connectivity index (χ0v) is 21.5. The Morgan fingerprint density at radius 1 is 1.08 bits per heavy atom. The summed E-state index contributed by atoms with van der Waals surface area (Å²) in [5, 5.41) is 9.89. The minimum Gasteiger partial charge on any atom is -0.497 e. The van der Waals surface area contributed by atoms with Crippen LogP contribution in [-0.2, 0) is 17.8 Å². The molecule has 0 aliphatic carbocycles. The third-order valence-corrected chi connectivity index (χ3v) is 7.21. The number of hydrogen-bond acceptors (Lipinski definition) is 6. The quantitative estimate of drug-likeness (QED) is 0.346. The van der Waals surface area contributed by atoms with Crippen molar-refractivity contribution in [2.24, 2.45) is 11.8 Å². The van der Waals surface area contributed by atoms with Crippen LogP contribution in [0.15, 0.2) is 71.3 Å². The Balaban J connectivity index is 1.06. The summed E-state index contributed by atoms with van der Waals surface area (Å²) in [4.78, 5) is 19.7. The van der Waals surface area contributed by atoms with Crippen molar-refractivity contribution in [1.29, 1.82) is 0 Å². The normalized spacial score (nSPS) is 15.5. The van der Waals surface area contributed by atoms with Gasteiger partial charge in [-0.05, 0) is 78.9 Å². The van der Waals surface area contributed by atoms with Crippen LogP contribution >= 0.6 is 0 Å². The Labute approximate surface area is 217 Å². The molecule has 1 amide bonds. The van der Waals surface area contributed by atoms with Crippen LogP contribution in [0.4, 0.5) is 0 Å². The van der Waals surface area contributed by atoms with Gasteiger partial charge in [0.15, 0.2) is 0 Å². The van der Waals surface area contributed by atoms with Crippen molar-refractivity contribution in [2.75, 3.05) is 26.7 Å². The molecule has 192 valence electrons. The second kappa shape index (κ2) is 11.6. The maximum Gasteiger partial charge on any atom is 0.241 e. The molecule has 3 aromatic carbocycles. The van der Waals surface area contributed by atoms with Gasteiger partial charge >= 0.3 is 0 Å². The van der Waals surface area contributed by atoms with Gasteiger partial charge < -0.3 is 14.6 Å². The van der Waals surface area contributed by atoms with Crippen molar-refractivity contribution in [2.45, 2.75) is 32.7 Å². The summed E-state index contributed by atoms with van der Waals surface area (Å²) < 4.78 is 10.7. The highest BCUT2D eigenvalue weighted by Gasteiger charge is 2.26. The van der Waals surface area contributed by atoms with Crippen molar-refractivity contribution in [3.8, 4) is 17.1 Å². The van der Waals surface area contributed by atoms with Crippen LogP contribution in [0.2, 0.25) is 0 Å². The van der Waals surface area contributed by atoms with E-state index in [0.29, 0.717) is 30.7 Å². The molecule has 1 aromatic heterocycles. The second-order valence-electron chi connectivity index (χ2n) is 9.98. The van der Waals surface area contributed by atoms with Crippen LogP contribution in [0.25, 0.3) is 22.2 Å². The Bertz CT molecular complexity index is 1320. The summed E-state index contributed by atoms with van der Waals surface area (Å²) in [7, 11) is 1.64. The van der Waals surface area contributed by atoms with Crippen molar-refractivity contribution >= 4 is 16.7 Å². The smallest absolute Gasteiger partial charge is 0.241 e. The van der Waals surface area contributed by atoms with Crippen LogP contribution in [0.5, 0.6) is 5.75 Å². The number of nitrogens with one attached hydrogen (secondary N) is 1. The lowest BCUT2D eigenvalue weighted by atomic mass is 9.94. The number of likely N-dealkylation sites (tertiary alicyclic amines) is 1. The van der Waals surface area contributed by atoms with E-state index in [1.54, 1.807) is 7.11 Å². The number of methoxy groups -OCH3 is 1. The summed E-state index contributed by atoms with van der Waals surface area (Å²) in [6, 6.07) is 22.5. The summed E-state index contributed by atoms with van der Waals surface area (Å²) in [5.41, 5.74) is 2.23. The van der Waals surface area contributed by atoms with Crippen molar-refractivity contribution in [3.63, 3.8) is 0 Å². The van der Waals surface area contributed by atoms with Gasteiger partial charge in [0.1, 0.15) is 5.75 Å². The SMILES string of the molecule is COc1ccc(-c2noc(CN3CCC(C(=O)NCC(C)Cc4cccc5ccccc45)CC3)n2)cc1. The highest BCUT2D eigenvalue weighted by molar-refractivity contribution is 5.85. The highest BCUT2D eigenvalue weighted by Crippen LogP contribution is 2.23. The predicted octanol–water partition coefficient (Wildman–Crippen LogP) is 5.11. The van der Waals surface area contributed by atoms with E-state index in [1.807, 2.05) is 24.3 Å². The molecule has 1 unspecified atom stereocenters. The Morgan fingerprint density at radius 3 is 2.62 bits per heavy atom. The molecule has 4 aromatic rings. The van der Waals surface area contributed by atoms with Crippen LogP contribution in [0.1, 0.15) is 31.2 Å². The summed E-state index contributed by atoms with van der Waals surface area (Å²) >= 11 is 0. The molecule has 2 heterocycles. The molecule has 37 heavy (non-hydrogen) atoms. The molecule has 1 aliphatic heterocycles. The van der Waals surface area contributed by atoms with Gasteiger partial charge in [-0.2, -0.15) is 4.98 Å². The predicted molar refractivity (Wildman–Crippen MR) is 144 cm³/mol. The van der Waals surface area contributed by atoms with E-state index in [4.69, 9.17) is 9.26 Å². The van der Waals surface area contributed by atoms with Gasteiger partial charge in [0, 0.05) is 18.0 Å². The Kier molecular flexibility index (Phi) is 7.80. The number of ether oxygens (including phenoxy) is 1. The van der Waals surface area contributed by atoms with Crippen molar-refractivity contribution in [3.05, 3.63) is 78.2 Å². The average molecular weight is 499 g/mol. The molecular weight excluding hydrogens is 464 g/mol. The van der Waals surface area contributed by atoms with Gasteiger partial charge in [-0.1, -0.05) is 54.5 Å². The zero-order chi connectivity index (χ0) is 25.6. The number of carbonyl (C=O) groups excluding carboxylic acids is 1. The van der Waals surface area contributed by atoms with Crippen LogP contribution in [0, 0.1) is 11.8 Å². The molecule has 7 heteroatoms. The molecule has 7 nitrogen and oxygen atoms in total. The fourth-order valence-corrected chi connectivity index (χ4v) is 5.06. The van der Waals surface area contributed by atoms with E-state index >= 15 is 0 Å². The summed E-state index contributed by atoms with van der Waals surface area (Å²) in [5.74, 6) is 2.55. The Morgan fingerprint density at radius 2 is 1.84 bits per heavy atom. The number of benzene rings is 3. The first kappa shape index (κ1) is 25.0. The molecule has 1 atom stereocenters. The molecule has 1 aliphatic rings. The average Bonchev–Trinajstić information content (AvgIpc) is 3.41. The third-order valence-electron chi connectivity index (χ3n) is 7.21. The monoisotopic (exact) mass is 498 g/mol. The third kappa shape index (κ3) is 6.17. The first-order valence-electron chi connectivity index (χ1n) is 13.0. The number of carbonyl (C=O) groups is 1. The maximum absolute atomic E-state index is 12.9. The van der Waals surface area contributed by atoms with E-state index in [2.05, 4.69) is 69.7 Å². The molecule has 0 saturated carbocycles. The van der Waals surface area contributed by atoms with Crippen molar-refractivity contribution < 1.29 is 14.1 Å². The molecule has 5 rings (SSSR count). The number of nitrogens with zero attached hydrogens (tertiary/aromatic N) is 3. The molecule has 0 spiro atoms. The summed E-state index contributed by atoms with van der Waals surface area (Å²) in [6.45, 7) is 5.17. The van der Waals surface area contributed by atoms with E-state index < -0.39 is 0 Å². The molecule has 1 fully saturated rings. The minimum absolute atomic E-state index is 0.0542. The second-order valence-corrected chi connectivity index (χ2v) is 9.98. The van der Waals surface area contributed by atoms with E-state index in [9.17, 15) is 4.79 Å². The van der Waals surface area contributed by atoms with Gasteiger partial charge in [0.25, 0.3) is 0 Å². The molecule has 0 radical (unpaired) electrons. The lowest BCUT2D eigenvalue weighted by molar-refractivity contribution is -0.126. The number of rotatable bonds is 9. The van der Waals surface area contributed by atoms with Gasteiger partial charge in [-0.3, -0.25) is 9.69 Å². The standard InChI is InChI=1S/C30H34N4O3/c1-21(18-25-8-5-7-22-6-3-4-9-27(22)25)19-31-30(35)24-14-16-34(17-15-24)20-28-32-29(33-37-28)23-10-12-26(36-2)13-11-23/h3-13,21,24H,14-20H2,1-2H3,(H,31,35). The van der Waals surface area contributed by atoms with Gasteiger partial charge in [-0.15, -0.1) is 0 Å². The maximum atomic E-state index is 12.9. The Hall–Kier alpha value is -3.71. The molecular formula is C30H34N4O3. The van der Waals surface area contributed by atoms with E-state index in [0.717, 1.165) is 43.7 Å². The first-order valence-corrected chi connectivity index (χ1v) is 13.0. The van der Waals surface area contributed by atoms with Crippen LogP contribution in [-0.4, -0.2) is 47.7 Å². The molecule has 1 saturated heterocycles. The topological polar surface area (TPSA) is 80.5 Å². The number of piperidine rings is 1. The lowest BCUT2D eigenvalue weighted by Crippen LogP contribution is -2.41. The largest absolute Gasteiger partial charge is 0.497 e. The number of amides is 1. The minimum atomic E-state index is 0.0542. The van der Waals surface area contributed by atoms with Crippen molar-refractivity contribution in [1.82, 2.24) is 20.4 Å².